The highest BCUT2D eigenvalue weighted by Crippen LogP contribution is 2.17. The molecule has 0 spiro atoms. The number of rotatable bonds is 3. The van der Waals surface area contributed by atoms with Crippen LogP contribution in [0.1, 0.15) is 13.8 Å². The Morgan fingerprint density at radius 3 is 2.57 bits per heavy atom. The monoisotopic (exact) mass is 194 g/mol. The maximum Gasteiger partial charge on any atom is 0.123 e. The van der Waals surface area contributed by atoms with E-state index < -0.39 is 0 Å². The van der Waals surface area contributed by atoms with Gasteiger partial charge in [-0.3, -0.25) is 10.7 Å². The standard InChI is InChI=1S/C10H14N2O2/c1-3-14-10-6-4-9(5-7-10)11-8(2)12-13/h4-7,13H,3H2,1-2H3,(H,11,12). The van der Waals surface area contributed by atoms with Gasteiger partial charge in [0.05, 0.1) is 12.3 Å². The van der Waals surface area contributed by atoms with Crippen LogP contribution in [0.4, 0.5) is 5.69 Å². The SMILES string of the molecule is CCOc1ccc(N=C(C)NO)cc1. The quantitative estimate of drug-likeness (QED) is 0.440. The maximum atomic E-state index is 8.53. The zero-order valence-corrected chi connectivity index (χ0v) is 8.32. The molecule has 4 nitrogen and oxygen atoms in total. The van der Waals surface area contributed by atoms with Crippen molar-refractivity contribution in [2.45, 2.75) is 13.8 Å². The Labute approximate surface area is 83.2 Å². The summed E-state index contributed by atoms with van der Waals surface area (Å²) in [7, 11) is 0. The van der Waals surface area contributed by atoms with E-state index in [9.17, 15) is 0 Å². The van der Waals surface area contributed by atoms with Gasteiger partial charge in [0.25, 0.3) is 0 Å². The highest BCUT2D eigenvalue weighted by Gasteiger charge is 1.93. The third-order valence-electron chi connectivity index (χ3n) is 1.61. The normalized spacial score (nSPS) is 11.2. The zero-order valence-electron chi connectivity index (χ0n) is 8.32. The van der Waals surface area contributed by atoms with Crippen LogP contribution in [-0.4, -0.2) is 17.6 Å². The number of aliphatic imine (C=N–C) groups is 1. The molecule has 0 heterocycles. The van der Waals surface area contributed by atoms with Crippen molar-refractivity contribution >= 4 is 11.5 Å². The highest BCUT2D eigenvalue weighted by molar-refractivity contribution is 5.81. The van der Waals surface area contributed by atoms with Crippen molar-refractivity contribution in [1.82, 2.24) is 5.48 Å². The van der Waals surface area contributed by atoms with Gasteiger partial charge in [-0.1, -0.05) is 0 Å². The van der Waals surface area contributed by atoms with Gasteiger partial charge in [0.2, 0.25) is 0 Å². The van der Waals surface area contributed by atoms with E-state index in [0.29, 0.717) is 12.4 Å². The lowest BCUT2D eigenvalue weighted by Gasteiger charge is -2.02. The van der Waals surface area contributed by atoms with Gasteiger partial charge in [-0.05, 0) is 38.1 Å². The lowest BCUT2D eigenvalue weighted by atomic mass is 10.3. The Balaban J connectivity index is 2.73. The lowest BCUT2D eigenvalue weighted by Crippen LogP contribution is -2.13. The number of amidine groups is 1. The first-order valence-electron chi connectivity index (χ1n) is 4.44. The largest absolute Gasteiger partial charge is 0.494 e. The van der Waals surface area contributed by atoms with E-state index in [0.717, 1.165) is 11.4 Å². The summed E-state index contributed by atoms with van der Waals surface area (Å²) in [6, 6.07) is 7.33. The van der Waals surface area contributed by atoms with Crippen LogP contribution in [0.25, 0.3) is 0 Å². The molecule has 0 saturated carbocycles. The zero-order chi connectivity index (χ0) is 10.4. The maximum absolute atomic E-state index is 8.53. The summed E-state index contributed by atoms with van der Waals surface area (Å²) in [5.41, 5.74) is 2.74. The van der Waals surface area contributed by atoms with Gasteiger partial charge in [-0.2, -0.15) is 0 Å². The van der Waals surface area contributed by atoms with Gasteiger partial charge >= 0.3 is 0 Å². The molecular weight excluding hydrogens is 180 g/mol. The molecule has 0 fully saturated rings. The minimum atomic E-state index is 0.453. The number of hydrogen-bond donors (Lipinski definition) is 2. The second-order valence-corrected chi connectivity index (χ2v) is 2.74. The molecular formula is C10H14N2O2. The molecule has 1 rings (SSSR count). The number of hydrogen-bond acceptors (Lipinski definition) is 3. The smallest absolute Gasteiger partial charge is 0.123 e. The summed E-state index contributed by atoms with van der Waals surface area (Å²) >= 11 is 0. The van der Waals surface area contributed by atoms with E-state index in [1.807, 2.05) is 36.7 Å². The minimum Gasteiger partial charge on any atom is -0.494 e. The van der Waals surface area contributed by atoms with Crippen molar-refractivity contribution in [1.29, 1.82) is 0 Å². The Kier molecular flexibility index (Phi) is 3.94. The van der Waals surface area contributed by atoms with Crippen molar-refractivity contribution in [2.24, 2.45) is 4.99 Å². The Morgan fingerprint density at radius 2 is 2.07 bits per heavy atom. The van der Waals surface area contributed by atoms with Crippen molar-refractivity contribution in [3.63, 3.8) is 0 Å². The minimum absolute atomic E-state index is 0.453. The van der Waals surface area contributed by atoms with Crippen LogP contribution in [0.2, 0.25) is 0 Å². The molecule has 0 radical (unpaired) electrons. The molecule has 76 valence electrons. The molecule has 0 amide bonds. The fourth-order valence-corrected chi connectivity index (χ4v) is 1.00. The van der Waals surface area contributed by atoms with E-state index in [1.54, 1.807) is 6.92 Å². The number of hydroxylamine groups is 1. The molecule has 0 unspecified atom stereocenters. The molecule has 1 aromatic carbocycles. The summed E-state index contributed by atoms with van der Waals surface area (Å²) in [4.78, 5) is 4.08. The molecule has 0 bridgehead atoms. The third-order valence-corrected chi connectivity index (χ3v) is 1.61. The number of nitrogens with zero attached hydrogens (tertiary/aromatic N) is 1. The molecule has 0 aliphatic heterocycles. The van der Waals surface area contributed by atoms with Gasteiger partial charge in [0.1, 0.15) is 11.6 Å². The highest BCUT2D eigenvalue weighted by atomic mass is 16.5. The van der Waals surface area contributed by atoms with E-state index in [4.69, 9.17) is 9.94 Å². The van der Waals surface area contributed by atoms with E-state index in [2.05, 4.69) is 4.99 Å². The fraction of sp³-hybridized carbons (Fsp3) is 0.300. The van der Waals surface area contributed by atoms with Crippen molar-refractivity contribution in [3.05, 3.63) is 24.3 Å². The molecule has 0 saturated heterocycles. The van der Waals surface area contributed by atoms with Crippen LogP contribution in [-0.2, 0) is 0 Å². The van der Waals surface area contributed by atoms with Gasteiger partial charge in [-0.25, -0.2) is 4.99 Å². The second kappa shape index (κ2) is 5.24. The molecule has 2 N–H and O–H groups in total. The van der Waals surface area contributed by atoms with Crippen LogP contribution in [0.15, 0.2) is 29.3 Å². The van der Waals surface area contributed by atoms with E-state index in [-0.39, 0.29) is 0 Å². The average Bonchev–Trinajstić information content (AvgIpc) is 2.21. The van der Waals surface area contributed by atoms with Crippen LogP contribution >= 0.6 is 0 Å². The summed E-state index contributed by atoms with van der Waals surface area (Å²) in [6.07, 6.45) is 0. The summed E-state index contributed by atoms with van der Waals surface area (Å²) < 4.78 is 5.28. The fourth-order valence-electron chi connectivity index (χ4n) is 1.00. The van der Waals surface area contributed by atoms with E-state index in [1.165, 1.54) is 0 Å². The van der Waals surface area contributed by atoms with Gasteiger partial charge in [0.15, 0.2) is 0 Å². The van der Waals surface area contributed by atoms with Crippen LogP contribution < -0.4 is 10.2 Å². The van der Waals surface area contributed by atoms with Gasteiger partial charge < -0.3 is 4.74 Å². The molecule has 0 aliphatic rings. The third kappa shape index (κ3) is 3.06. The van der Waals surface area contributed by atoms with Crippen molar-refractivity contribution in [2.75, 3.05) is 6.61 Å². The first-order valence-corrected chi connectivity index (χ1v) is 4.44. The Hall–Kier alpha value is -1.55. The predicted octanol–water partition coefficient (Wildman–Crippen LogP) is 2.11. The van der Waals surface area contributed by atoms with Crippen LogP contribution in [0, 0.1) is 0 Å². The molecule has 0 aliphatic carbocycles. The first kappa shape index (κ1) is 10.5. The Morgan fingerprint density at radius 1 is 1.43 bits per heavy atom. The first-order chi connectivity index (χ1) is 6.76. The molecule has 0 atom stereocenters. The number of ether oxygens (including phenoxy) is 1. The molecule has 4 heteroatoms. The van der Waals surface area contributed by atoms with Crippen molar-refractivity contribution < 1.29 is 9.94 Å². The molecule has 14 heavy (non-hydrogen) atoms. The topological polar surface area (TPSA) is 53.8 Å². The lowest BCUT2D eigenvalue weighted by molar-refractivity contribution is 0.234. The van der Waals surface area contributed by atoms with Gasteiger partial charge in [-0.15, -0.1) is 0 Å². The van der Waals surface area contributed by atoms with Gasteiger partial charge in [0, 0.05) is 0 Å². The number of nitrogens with one attached hydrogen (secondary N) is 1. The van der Waals surface area contributed by atoms with Crippen molar-refractivity contribution in [3.8, 4) is 5.75 Å². The molecule has 1 aromatic rings. The molecule has 0 aromatic heterocycles. The Bertz CT molecular complexity index is 306. The summed E-state index contributed by atoms with van der Waals surface area (Å²) in [5.74, 6) is 1.27. The number of benzene rings is 1. The summed E-state index contributed by atoms with van der Waals surface area (Å²) in [6.45, 7) is 4.27. The van der Waals surface area contributed by atoms with Crippen LogP contribution in [0.5, 0.6) is 5.75 Å². The van der Waals surface area contributed by atoms with E-state index >= 15 is 0 Å². The average molecular weight is 194 g/mol. The predicted molar refractivity (Wildman–Crippen MR) is 55.3 cm³/mol. The van der Waals surface area contributed by atoms with Crippen LogP contribution in [0.3, 0.4) is 0 Å². The second-order valence-electron chi connectivity index (χ2n) is 2.74. The summed E-state index contributed by atoms with van der Waals surface area (Å²) in [5, 5.41) is 8.53.